The lowest BCUT2D eigenvalue weighted by Gasteiger charge is -2.12. The van der Waals surface area contributed by atoms with Gasteiger partial charge in [0.05, 0.1) is 18.5 Å². The molecule has 0 aliphatic carbocycles. The highest BCUT2D eigenvalue weighted by atomic mass is 16.5. The molecule has 28 heavy (non-hydrogen) atoms. The van der Waals surface area contributed by atoms with Crippen molar-refractivity contribution in [3.8, 4) is 11.4 Å². The van der Waals surface area contributed by atoms with Gasteiger partial charge in [-0.1, -0.05) is 12.1 Å². The summed E-state index contributed by atoms with van der Waals surface area (Å²) in [5.74, 6) is -0.166. The Morgan fingerprint density at radius 3 is 2.46 bits per heavy atom. The number of hydrogen-bond acceptors (Lipinski definition) is 4. The van der Waals surface area contributed by atoms with E-state index in [0.29, 0.717) is 17.1 Å². The third kappa shape index (κ3) is 3.59. The summed E-state index contributed by atoms with van der Waals surface area (Å²) in [4.78, 5) is 40.4. The van der Waals surface area contributed by atoms with Crippen molar-refractivity contribution >= 4 is 11.6 Å². The molecule has 144 valence electrons. The third-order valence-electron chi connectivity index (χ3n) is 4.57. The molecule has 0 unspecified atom stereocenters. The fourth-order valence-electron chi connectivity index (χ4n) is 2.84. The second-order valence-corrected chi connectivity index (χ2v) is 6.57. The summed E-state index contributed by atoms with van der Waals surface area (Å²) in [5.41, 5.74) is 2.24. The minimum Gasteiger partial charge on any atom is -0.495 e. The first-order chi connectivity index (χ1) is 13.3. The summed E-state index contributed by atoms with van der Waals surface area (Å²) in [6.07, 6.45) is 1.12. The van der Waals surface area contributed by atoms with E-state index in [1.54, 1.807) is 24.3 Å². The summed E-state index contributed by atoms with van der Waals surface area (Å²) >= 11 is 0. The number of aryl methyl sites for hydroxylation is 3. The van der Waals surface area contributed by atoms with Gasteiger partial charge < -0.3 is 15.0 Å². The van der Waals surface area contributed by atoms with Gasteiger partial charge in [0.2, 0.25) is 0 Å². The summed E-state index contributed by atoms with van der Waals surface area (Å²) in [7, 11) is 1.49. The van der Waals surface area contributed by atoms with E-state index >= 15 is 0 Å². The van der Waals surface area contributed by atoms with Crippen LogP contribution in [0.5, 0.6) is 5.75 Å². The van der Waals surface area contributed by atoms with Crippen molar-refractivity contribution in [3.63, 3.8) is 0 Å². The molecule has 0 saturated carbocycles. The lowest BCUT2D eigenvalue weighted by molar-refractivity contribution is 0.102. The number of amides is 1. The van der Waals surface area contributed by atoms with Crippen LogP contribution in [0.2, 0.25) is 0 Å². The van der Waals surface area contributed by atoms with E-state index in [2.05, 4.69) is 10.3 Å². The number of methoxy groups -OCH3 is 1. The highest BCUT2D eigenvalue weighted by molar-refractivity contribution is 6.04. The molecule has 2 aromatic carbocycles. The molecule has 0 atom stereocenters. The van der Waals surface area contributed by atoms with Gasteiger partial charge in [-0.25, -0.2) is 9.36 Å². The molecule has 0 fully saturated rings. The van der Waals surface area contributed by atoms with Crippen molar-refractivity contribution in [1.29, 1.82) is 0 Å². The summed E-state index contributed by atoms with van der Waals surface area (Å²) in [6, 6.07) is 10.5. The number of carbonyl (C=O) groups is 1. The number of nitrogens with one attached hydrogen (secondary N) is 2. The Morgan fingerprint density at radius 2 is 1.79 bits per heavy atom. The predicted octanol–water partition coefficient (Wildman–Crippen LogP) is 2.71. The van der Waals surface area contributed by atoms with Crippen LogP contribution in [0, 0.1) is 20.8 Å². The van der Waals surface area contributed by atoms with E-state index in [1.165, 1.54) is 7.11 Å². The molecule has 0 aliphatic heterocycles. The molecule has 2 N–H and O–H groups in total. The second-order valence-electron chi connectivity index (χ2n) is 6.57. The zero-order valence-corrected chi connectivity index (χ0v) is 16.1. The van der Waals surface area contributed by atoms with Crippen LogP contribution in [0.15, 0.2) is 52.2 Å². The fourth-order valence-corrected chi connectivity index (χ4v) is 2.84. The molecular weight excluding hydrogens is 358 g/mol. The first kappa shape index (κ1) is 19.2. The molecule has 7 heteroatoms. The number of rotatable bonds is 4. The van der Waals surface area contributed by atoms with Gasteiger partial charge in [0.25, 0.3) is 11.5 Å². The molecule has 3 rings (SSSR count). The topological polar surface area (TPSA) is 93.2 Å². The maximum absolute atomic E-state index is 12.9. The van der Waals surface area contributed by atoms with Crippen molar-refractivity contribution in [2.24, 2.45) is 0 Å². The minimum absolute atomic E-state index is 0.179. The average Bonchev–Trinajstić information content (AvgIpc) is 2.65. The van der Waals surface area contributed by atoms with E-state index in [1.807, 2.05) is 32.9 Å². The second kappa shape index (κ2) is 7.56. The molecule has 1 amide bonds. The Balaban J connectivity index is 2.05. The van der Waals surface area contributed by atoms with Crippen LogP contribution in [-0.4, -0.2) is 22.6 Å². The van der Waals surface area contributed by atoms with Crippen molar-refractivity contribution in [2.45, 2.75) is 20.8 Å². The molecule has 7 nitrogen and oxygen atoms in total. The van der Waals surface area contributed by atoms with E-state index in [4.69, 9.17) is 4.74 Å². The van der Waals surface area contributed by atoms with Crippen molar-refractivity contribution < 1.29 is 9.53 Å². The molecule has 0 bridgehead atoms. The lowest BCUT2D eigenvalue weighted by Crippen LogP contribution is -2.38. The molecule has 1 aromatic heterocycles. The van der Waals surface area contributed by atoms with Crippen LogP contribution in [0.4, 0.5) is 5.69 Å². The molecule has 0 spiro atoms. The van der Waals surface area contributed by atoms with E-state index < -0.39 is 17.2 Å². The van der Waals surface area contributed by atoms with Crippen molar-refractivity contribution in [3.05, 3.63) is 85.7 Å². The Bertz CT molecular complexity index is 1170. The van der Waals surface area contributed by atoms with Crippen LogP contribution in [0.25, 0.3) is 5.69 Å². The van der Waals surface area contributed by atoms with Gasteiger partial charge in [0.1, 0.15) is 11.3 Å². The number of ether oxygens (including phenoxy) is 1. The van der Waals surface area contributed by atoms with Gasteiger partial charge in [-0.05, 0) is 61.7 Å². The first-order valence-electron chi connectivity index (χ1n) is 8.70. The van der Waals surface area contributed by atoms with Crippen LogP contribution >= 0.6 is 0 Å². The number of carbonyl (C=O) groups excluding carboxylic acids is 1. The number of aromatic amines is 1. The van der Waals surface area contributed by atoms with Gasteiger partial charge in [0.15, 0.2) is 0 Å². The number of hydrogen-bond donors (Lipinski definition) is 2. The van der Waals surface area contributed by atoms with Crippen LogP contribution in [-0.2, 0) is 0 Å². The zero-order valence-electron chi connectivity index (χ0n) is 16.1. The van der Waals surface area contributed by atoms with Crippen LogP contribution in [0.1, 0.15) is 27.0 Å². The van der Waals surface area contributed by atoms with Crippen LogP contribution in [0.3, 0.4) is 0 Å². The quantitative estimate of drug-likeness (QED) is 0.729. The van der Waals surface area contributed by atoms with E-state index in [-0.39, 0.29) is 5.56 Å². The normalized spacial score (nSPS) is 10.6. The Morgan fingerprint density at radius 1 is 1.04 bits per heavy atom. The summed E-state index contributed by atoms with van der Waals surface area (Å²) < 4.78 is 6.20. The van der Waals surface area contributed by atoms with Gasteiger partial charge in [-0.2, -0.15) is 0 Å². The SMILES string of the molecule is COc1ccc(C)cc1NC(=O)c1c[nH]c(=O)n(-c2ccc(C)c(C)c2)c1=O. The Kier molecular flexibility index (Phi) is 5.17. The molecule has 0 saturated heterocycles. The molecule has 0 aliphatic rings. The van der Waals surface area contributed by atoms with Crippen molar-refractivity contribution in [1.82, 2.24) is 9.55 Å². The third-order valence-corrected chi connectivity index (χ3v) is 4.57. The van der Waals surface area contributed by atoms with Gasteiger partial charge in [-0.15, -0.1) is 0 Å². The first-order valence-corrected chi connectivity index (χ1v) is 8.70. The maximum atomic E-state index is 12.9. The minimum atomic E-state index is -0.698. The summed E-state index contributed by atoms with van der Waals surface area (Å²) in [6.45, 7) is 5.70. The summed E-state index contributed by atoms with van der Waals surface area (Å²) in [5, 5.41) is 2.68. The molecule has 3 aromatic rings. The highest BCUT2D eigenvalue weighted by Gasteiger charge is 2.17. The number of aromatic nitrogens is 2. The van der Waals surface area contributed by atoms with Gasteiger partial charge >= 0.3 is 5.69 Å². The monoisotopic (exact) mass is 379 g/mol. The number of nitrogens with zero attached hydrogens (tertiary/aromatic N) is 1. The highest BCUT2D eigenvalue weighted by Crippen LogP contribution is 2.25. The molecular formula is C21H21N3O4. The number of benzene rings is 2. The smallest absolute Gasteiger partial charge is 0.333 e. The van der Waals surface area contributed by atoms with E-state index in [0.717, 1.165) is 27.5 Å². The van der Waals surface area contributed by atoms with E-state index in [9.17, 15) is 14.4 Å². The van der Waals surface area contributed by atoms with Crippen LogP contribution < -0.4 is 21.3 Å². The Labute approximate surface area is 161 Å². The zero-order chi connectivity index (χ0) is 20.4. The maximum Gasteiger partial charge on any atom is 0.333 e. The standard InChI is InChI=1S/C21H21N3O4/c1-12-5-8-18(28-4)17(9-12)23-19(25)16-11-22-21(27)24(20(16)26)15-7-6-13(2)14(3)10-15/h5-11H,1-4H3,(H,22,27)(H,23,25). The fraction of sp³-hybridized carbons (Fsp3) is 0.190. The number of H-pyrrole nitrogens is 1. The lowest BCUT2D eigenvalue weighted by atomic mass is 10.1. The van der Waals surface area contributed by atoms with Gasteiger partial charge in [-0.3, -0.25) is 9.59 Å². The molecule has 1 heterocycles. The van der Waals surface area contributed by atoms with Crippen molar-refractivity contribution in [2.75, 3.05) is 12.4 Å². The average molecular weight is 379 g/mol. The predicted molar refractivity (Wildman–Crippen MR) is 108 cm³/mol. The number of anilines is 1. The Hall–Kier alpha value is -3.61. The molecule has 0 radical (unpaired) electrons. The van der Waals surface area contributed by atoms with Gasteiger partial charge in [0, 0.05) is 6.20 Å². The largest absolute Gasteiger partial charge is 0.495 e.